The molecule has 3 aliphatic rings. The normalized spacial score (nSPS) is 15.1. The molecule has 104 heavy (non-hydrogen) atoms. The Hall–Kier alpha value is -11.0. The number of hydrogen-bond donors (Lipinski definition) is 0. The zero-order chi connectivity index (χ0) is 73.8. The molecule has 0 atom stereocenters. The van der Waals surface area contributed by atoms with E-state index in [1.807, 2.05) is 88.7 Å². The quantitative estimate of drug-likeness (QED) is 0.165. The second kappa shape index (κ2) is 27.7. The lowest BCUT2D eigenvalue weighted by atomic mass is 9.59. The highest BCUT2D eigenvalue weighted by Gasteiger charge is 2.51. The second-order valence-corrected chi connectivity index (χ2v) is 31.7. The largest absolute Gasteiger partial charge is 0.241 e. The van der Waals surface area contributed by atoms with Crippen molar-refractivity contribution in [2.24, 2.45) is 0 Å². The van der Waals surface area contributed by atoms with Crippen molar-refractivity contribution in [2.45, 2.75) is 164 Å². The fraction of sp³-hybridized carbons (Fsp3) is 0.266. The number of aryl methyl sites for hydroxylation is 7. The Labute approximate surface area is 616 Å². The summed E-state index contributed by atoms with van der Waals surface area (Å²) < 4.78 is 10.4. The van der Waals surface area contributed by atoms with Crippen molar-refractivity contribution in [3.8, 4) is 73.2 Å². The lowest BCUT2D eigenvalue weighted by Crippen LogP contribution is -2.46. The molecule has 5 aromatic heterocycles. The summed E-state index contributed by atoms with van der Waals surface area (Å²) in [6.07, 6.45) is 9.68. The zero-order valence-electron chi connectivity index (χ0n) is 64.3. The Morgan fingerprint density at radius 1 is 0.298 bits per heavy atom. The van der Waals surface area contributed by atoms with Crippen molar-refractivity contribution in [3.05, 3.63) is 334 Å². The summed E-state index contributed by atoms with van der Waals surface area (Å²) in [7, 11) is 0. The number of nitrogens with zero attached hydrogens (tertiary/aromatic N) is 10. The van der Waals surface area contributed by atoms with E-state index in [-0.39, 0.29) is 32.5 Å². The van der Waals surface area contributed by atoms with E-state index in [1.165, 1.54) is 118 Å². The summed E-state index contributed by atoms with van der Waals surface area (Å²) in [5.41, 5.74) is 32.2. The molecule has 0 amide bonds. The third-order valence-corrected chi connectivity index (χ3v) is 23.7. The van der Waals surface area contributed by atoms with E-state index in [0.29, 0.717) is 0 Å². The molecule has 0 unspecified atom stereocenters. The number of benzene rings is 9. The maximum atomic E-state index is 5.36. The first kappa shape index (κ1) is 71.4. The summed E-state index contributed by atoms with van der Waals surface area (Å²) in [5, 5.41) is 23.5. The Morgan fingerprint density at radius 3 is 1.27 bits per heavy atom. The summed E-state index contributed by atoms with van der Waals surface area (Å²) in [4.78, 5) is 0. The predicted molar refractivity (Wildman–Crippen MR) is 431 cm³/mol. The Bertz CT molecular complexity index is 5370. The summed E-state index contributed by atoms with van der Waals surface area (Å²) in [6.45, 7) is 43.3. The van der Waals surface area contributed by atoms with E-state index < -0.39 is 0 Å². The van der Waals surface area contributed by atoms with Crippen LogP contribution in [0.15, 0.2) is 262 Å². The van der Waals surface area contributed by atoms with Gasteiger partial charge in [-0.05, 0) is 147 Å². The van der Waals surface area contributed by atoms with Crippen LogP contribution in [-0.2, 0) is 32.5 Å². The van der Waals surface area contributed by atoms with Crippen LogP contribution in [0.3, 0.4) is 0 Å². The van der Waals surface area contributed by atoms with Crippen molar-refractivity contribution >= 4 is 0 Å². The molecule has 3 aliphatic heterocycles. The van der Waals surface area contributed by atoms with Crippen LogP contribution in [0.4, 0.5) is 0 Å². The minimum Gasteiger partial charge on any atom is -0.241 e. The maximum Gasteiger partial charge on any atom is 0.101 e. The van der Waals surface area contributed by atoms with Gasteiger partial charge in [0.2, 0.25) is 0 Å². The van der Waals surface area contributed by atoms with Crippen LogP contribution in [-0.4, -0.2) is 48.9 Å². The number of rotatable bonds is 6. The lowest BCUT2D eigenvalue weighted by Gasteiger charge is -2.47. The maximum absolute atomic E-state index is 5.36. The molecule has 0 aliphatic carbocycles. The minimum atomic E-state index is -0.122. The first-order valence-electron chi connectivity index (χ1n) is 36.6. The molecular formula is C94H100N10. The van der Waals surface area contributed by atoms with Crippen LogP contribution in [0.25, 0.3) is 73.2 Å². The number of para-hydroxylation sites is 5. The molecule has 9 aromatic carbocycles. The first-order valence-corrected chi connectivity index (χ1v) is 36.6. The van der Waals surface area contributed by atoms with Crippen molar-refractivity contribution < 1.29 is 0 Å². The number of fused-ring (bicyclic) bond motifs is 9. The van der Waals surface area contributed by atoms with Crippen LogP contribution < -0.4 is 0 Å². The highest BCUT2D eigenvalue weighted by atomic mass is 15.3. The van der Waals surface area contributed by atoms with E-state index in [4.69, 9.17) is 10.2 Å². The molecule has 14 aromatic rings. The van der Waals surface area contributed by atoms with Gasteiger partial charge in [-0.1, -0.05) is 282 Å². The molecule has 526 valence electrons. The fourth-order valence-corrected chi connectivity index (χ4v) is 15.8. The van der Waals surface area contributed by atoms with E-state index in [1.54, 1.807) is 6.20 Å². The number of hydrogen-bond acceptors (Lipinski definition) is 5. The first-order chi connectivity index (χ1) is 49.6. The number of aromatic nitrogens is 10. The van der Waals surface area contributed by atoms with E-state index >= 15 is 0 Å². The molecule has 10 nitrogen and oxygen atoms in total. The SMILES string of the molecule is Cc1cc(C)cc(-c2nn3c(c2-c2ccccc2)C(C)(C)C(C)(C)c2cccc(C)c2-3)c1.Cc1cccc2c1-n1ncc(-c3ccccc3)c1C(C)(C)C2(C)C.Cc1cccc2c1-n1nccc1C(C)(C)C2(C)C.Cc1ccccc1-n1ccc(-c2ccccc2)n1.Cc1ccccc1-n1cccn1. The van der Waals surface area contributed by atoms with Gasteiger partial charge in [0.15, 0.2) is 0 Å². The van der Waals surface area contributed by atoms with Crippen molar-refractivity contribution in [1.29, 1.82) is 0 Å². The summed E-state index contributed by atoms with van der Waals surface area (Å²) >= 11 is 0. The molecule has 0 radical (unpaired) electrons. The molecule has 17 rings (SSSR count). The van der Waals surface area contributed by atoms with Crippen LogP contribution in [0, 0.1) is 48.5 Å². The fourth-order valence-electron chi connectivity index (χ4n) is 15.8. The Kier molecular flexibility index (Phi) is 19.0. The van der Waals surface area contributed by atoms with Gasteiger partial charge in [-0.3, -0.25) is 0 Å². The topological polar surface area (TPSA) is 89.1 Å². The molecule has 0 saturated carbocycles. The van der Waals surface area contributed by atoms with Gasteiger partial charge >= 0.3 is 0 Å². The summed E-state index contributed by atoms with van der Waals surface area (Å²) in [6, 6.07) is 80.8. The smallest absolute Gasteiger partial charge is 0.101 e. The van der Waals surface area contributed by atoms with E-state index in [9.17, 15) is 0 Å². The molecule has 8 heterocycles. The standard InChI is InChI=1S/C30H32N2.C22H24N2.C16H20N2.C16H14N2.C10H10N2/c1-19-16-20(2)18-23(17-19)26-25(22-13-9-8-10-14-22)28-30(6,7)29(4,5)24-15-11-12-21(3)27(24)32(28)31-26;1-15-10-9-13-18-19(15)24-20(22(4,5)21(18,2)3)17(14-23-24)16-11-7-6-8-12-16;1-11-7-6-8-12-14(11)18-13(9-10-17-18)16(4,5)15(12,2)3;1-13-7-5-6-10-16(13)18-12-11-15(17-18)14-8-3-2-4-9-14;1-9-5-2-3-6-10(9)12-8-4-7-11-12/h8-18H,1-7H3;6-14H,1-5H3;6-10H,1-5H3;2-12H,1H3;2-8H,1H3. The van der Waals surface area contributed by atoms with Gasteiger partial charge in [-0.25, -0.2) is 23.4 Å². The van der Waals surface area contributed by atoms with Crippen LogP contribution in [0.5, 0.6) is 0 Å². The van der Waals surface area contributed by atoms with Crippen molar-refractivity contribution in [2.75, 3.05) is 0 Å². The Balaban J connectivity index is 0.000000120. The van der Waals surface area contributed by atoms with Gasteiger partial charge in [0.1, 0.15) is 5.69 Å². The van der Waals surface area contributed by atoms with E-state index in [2.05, 4.69) is 337 Å². The molecule has 10 heteroatoms. The third kappa shape index (κ3) is 12.5. The van der Waals surface area contributed by atoms with Gasteiger partial charge in [0, 0.05) is 79.5 Å². The van der Waals surface area contributed by atoms with Crippen LogP contribution in [0.1, 0.15) is 156 Å². The molecule has 0 bridgehead atoms. The average molecular weight is 1370 g/mol. The molecule has 0 N–H and O–H groups in total. The molecule has 0 saturated heterocycles. The molecule has 0 spiro atoms. The van der Waals surface area contributed by atoms with Gasteiger partial charge in [0.05, 0.1) is 57.4 Å². The minimum absolute atomic E-state index is 0.0217. The van der Waals surface area contributed by atoms with Crippen LogP contribution in [0.2, 0.25) is 0 Å². The summed E-state index contributed by atoms with van der Waals surface area (Å²) in [5.74, 6) is 0. The average Bonchev–Trinajstić information content (AvgIpc) is 1.42. The Morgan fingerprint density at radius 2 is 0.750 bits per heavy atom. The van der Waals surface area contributed by atoms with Gasteiger partial charge in [-0.2, -0.15) is 25.5 Å². The lowest BCUT2D eigenvalue weighted by molar-refractivity contribution is 0.275. The second-order valence-electron chi connectivity index (χ2n) is 31.7. The van der Waals surface area contributed by atoms with Crippen molar-refractivity contribution in [3.63, 3.8) is 0 Å². The molecular weight excluding hydrogens is 1270 g/mol. The van der Waals surface area contributed by atoms with Gasteiger partial charge in [0.25, 0.3) is 0 Å². The van der Waals surface area contributed by atoms with Gasteiger partial charge < -0.3 is 0 Å². The van der Waals surface area contributed by atoms with Gasteiger partial charge in [-0.15, -0.1) is 0 Å². The van der Waals surface area contributed by atoms with Crippen LogP contribution >= 0.6 is 0 Å². The zero-order valence-corrected chi connectivity index (χ0v) is 64.3. The molecule has 0 fully saturated rings. The van der Waals surface area contributed by atoms with Crippen molar-refractivity contribution in [1.82, 2.24) is 48.9 Å². The highest BCUT2D eigenvalue weighted by molar-refractivity contribution is 5.86. The third-order valence-electron chi connectivity index (χ3n) is 23.7. The predicted octanol–water partition coefficient (Wildman–Crippen LogP) is 22.9. The monoisotopic (exact) mass is 1370 g/mol. The highest BCUT2D eigenvalue weighted by Crippen LogP contribution is 2.56. The van der Waals surface area contributed by atoms with E-state index in [0.717, 1.165) is 28.3 Å².